The fourth-order valence-corrected chi connectivity index (χ4v) is 1.26. The first kappa shape index (κ1) is 9.62. The highest BCUT2D eigenvalue weighted by molar-refractivity contribution is 7.99. The van der Waals surface area contributed by atoms with Gasteiger partial charge in [-0.15, -0.1) is 0 Å². The molecule has 0 aliphatic rings. The summed E-state index contributed by atoms with van der Waals surface area (Å²) in [6, 6.07) is 0. The van der Waals surface area contributed by atoms with Crippen LogP contribution in [0.4, 0.5) is 0 Å². The number of nitrogens with zero attached hydrogens (tertiary/aromatic N) is 1. The van der Waals surface area contributed by atoms with E-state index in [4.69, 9.17) is 0 Å². The average molecular weight is 161 g/mol. The number of hydrogen-bond acceptors (Lipinski definition) is 4. The summed E-state index contributed by atoms with van der Waals surface area (Å²) < 4.78 is 0. The van der Waals surface area contributed by atoms with Gasteiger partial charge in [-0.05, 0) is 6.92 Å². The van der Waals surface area contributed by atoms with E-state index in [0.717, 1.165) is 11.5 Å². The Morgan fingerprint density at radius 1 is 1.50 bits per heavy atom. The lowest BCUT2D eigenvalue weighted by atomic mass is 10.4. The number of carbonyl (C=O) groups excluding carboxylic acids is 1. The van der Waals surface area contributed by atoms with Crippen LogP contribution < -0.4 is 0 Å². The molecule has 0 aromatic rings. The number of thioether (sulfide) groups is 1. The van der Waals surface area contributed by atoms with Crippen molar-refractivity contribution in [3.8, 4) is 0 Å². The number of ketones is 1. The molecule has 0 aromatic carbocycles. The average Bonchev–Trinajstić information content (AvgIpc) is 1.87. The van der Waals surface area contributed by atoms with Crippen molar-refractivity contribution < 1.29 is 4.79 Å². The molecule has 0 unspecified atom stereocenters. The third-order valence-corrected chi connectivity index (χ3v) is 1.89. The lowest BCUT2D eigenvalue weighted by molar-refractivity contribution is -0.116. The van der Waals surface area contributed by atoms with Crippen LogP contribution in [-0.4, -0.2) is 23.8 Å². The van der Waals surface area contributed by atoms with Crippen LogP contribution in [0.15, 0.2) is 5.18 Å². The summed E-state index contributed by atoms with van der Waals surface area (Å²) in [5.74, 6) is 1.74. The van der Waals surface area contributed by atoms with Crippen LogP contribution in [-0.2, 0) is 4.79 Å². The molecular formula is C6H11NO2S. The molecule has 10 heavy (non-hydrogen) atoms. The highest BCUT2D eigenvalue weighted by Crippen LogP contribution is 2.01. The largest absolute Gasteiger partial charge is 0.300 e. The molecule has 0 rings (SSSR count). The molecule has 0 aromatic heterocycles. The Bertz CT molecular complexity index is 116. The van der Waals surface area contributed by atoms with Gasteiger partial charge in [-0.2, -0.15) is 16.7 Å². The summed E-state index contributed by atoms with van der Waals surface area (Å²) in [5, 5.41) is 2.70. The molecule has 0 amide bonds. The standard InChI is InChI=1S/C6H11NO2S/c1-6(8)2-4-10-5-3-7-9/h2-5H2,1H3. The van der Waals surface area contributed by atoms with Crippen molar-refractivity contribution in [1.82, 2.24) is 0 Å². The lowest BCUT2D eigenvalue weighted by Gasteiger charge is -1.93. The molecule has 0 fully saturated rings. The van der Waals surface area contributed by atoms with Crippen molar-refractivity contribution in [3.05, 3.63) is 4.91 Å². The molecule has 58 valence electrons. The molecule has 0 saturated carbocycles. The Balaban J connectivity index is 2.90. The van der Waals surface area contributed by atoms with Crippen LogP contribution in [0.1, 0.15) is 13.3 Å². The maximum atomic E-state index is 10.4. The first-order valence-electron chi connectivity index (χ1n) is 3.13. The van der Waals surface area contributed by atoms with Crippen molar-refractivity contribution in [2.75, 3.05) is 18.1 Å². The second kappa shape index (κ2) is 6.74. The van der Waals surface area contributed by atoms with E-state index in [9.17, 15) is 9.70 Å². The zero-order valence-corrected chi connectivity index (χ0v) is 6.82. The Kier molecular flexibility index (Phi) is 6.48. The van der Waals surface area contributed by atoms with Crippen molar-refractivity contribution in [2.24, 2.45) is 5.18 Å². The maximum Gasteiger partial charge on any atom is 0.130 e. The molecular weight excluding hydrogens is 150 g/mol. The predicted molar refractivity (Wildman–Crippen MR) is 43.3 cm³/mol. The van der Waals surface area contributed by atoms with E-state index in [1.165, 1.54) is 0 Å². The van der Waals surface area contributed by atoms with Crippen LogP contribution in [0.5, 0.6) is 0 Å². The Morgan fingerprint density at radius 2 is 2.20 bits per heavy atom. The summed E-state index contributed by atoms with van der Waals surface area (Å²) >= 11 is 1.59. The van der Waals surface area contributed by atoms with Gasteiger partial charge >= 0.3 is 0 Å². The number of carbonyl (C=O) groups is 1. The molecule has 0 aliphatic carbocycles. The van der Waals surface area contributed by atoms with Crippen molar-refractivity contribution in [1.29, 1.82) is 0 Å². The Labute approximate surface area is 64.5 Å². The zero-order valence-electron chi connectivity index (χ0n) is 6.00. The van der Waals surface area contributed by atoms with Crippen LogP contribution in [0.3, 0.4) is 0 Å². The highest BCUT2D eigenvalue weighted by atomic mass is 32.2. The lowest BCUT2D eigenvalue weighted by Crippen LogP contribution is -1.93. The highest BCUT2D eigenvalue weighted by Gasteiger charge is 1.92. The maximum absolute atomic E-state index is 10.4. The van der Waals surface area contributed by atoms with Crippen LogP contribution >= 0.6 is 11.8 Å². The smallest absolute Gasteiger partial charge is 0.130 e. The minimum atomic E-state index is 0.201. The summed E-state index contributed by atoms with van der Waals surface area (Å²) in [6.07, 6.45) is 0.601. The van der Waals surface area contributed by atoms with Crippen molar-refractivity contribution in [2.45, 2.75) is 13.3 Å². The minimum Gasteiger partial charge on any atom is -0.300 e. The van der Waals surface area contributed by atoms with E-state index in [1.54, 1.807) is 18.7 Å². The molecule has 0 heterocycles. The summed E-state index contributed by atoms with van der Waals surface area (Å²) in [5.41, 5.74) is 0. The first-order valence-corrected chi connectivity index (χ1v) is 4.29. The van der Waals surface area contributed by atoms with Crippen LogP contribution in [0, 0.1) is 4.91 Å². The van der Waals surface area contributed by atoms with Gasteiger partial charge in [0.2, 0.25) is 0 Å². The van der Waals surface area contributed by atoms with Gasteiger partial charge in [0.15, 0.2) is 0 Å². The molecule has 4 heteroatoms. The van der Waals surface area contributed by atoms with Gasteiger partial charge in [0.25, 0.3) is 0 Å². The van der Waals surface area contributed by atoms with Gasteiger partial charge in [0.1, 0.15) is 5.78 Å². The molecule has 0 spiro atoms. The fraction of sp³-hybridized carbons (Fsp3) is 0.833. The van der Waals surface area contributed by atoms with E-state index in [2.05, 4.69) is 5.18 Å². The SMILES string of the molecule is CC(=O)CCSCCN=O. The Morgan fingerprint density at radius 3 is 2.70 bits per heavy atom. The van der Waals surface area contributed by atoms with Gasteiger partial charge in [-0.25, -0.2) is 0 Å². The second-order valence-electron chi connectivity index (χ2n) is 1.92. The van der Waals surface area contributed by atoms with Crippen molar-refractivity contribution >= 4 is 17.5 Å². The molecule has 0 radical (unpaired) electrons. The van der Waals surface area contributed by atoms with Crippen LogP contribution in [0.25, 0.3) is 0 Å². The van der Waals surface area contributed by atoms with E-state index in [0.29, 0.717) is 13.0 Å². The van der Waals surface area contributed by atoms with Crippen molar-refractivity contribution in [3.63, 3.8) is 0 Å². The molecule has 0 saturated heterocycles. The normalized spacial score (nSPS) is 9.30. The minimum absolute atomic E-state index is 0.201. The summed E-state index contributed by atoms with van der Waals surface area (Å²) in [7, 11) is 0. The molecule has 0 bridgehead atoms. The summed E-state index contributed by atoms with van der Waals surface area (Å²) in [4.78, 5) is 19.9. The first-order chi connectivity index (χ1) is 4.77. The number of rotatable bonds is 6. The zero-order chi connectivity index (χ0) is 7.82. The second-order valence-corrected chi connectivity index (χ2v) is 3.14. The van der Waals surface area contributed by atoms with Crippen LogP contribution in [0.2, 0.25) is 0 Å². The third-order valence-electron chi connectivity index (χ3n) is 0.925. The molecule has 3 nitrogen and oxygen atoms in total. The van der Waals surface area contributed by atoms with Gasteiger partial charge in [-0.3, -0.25) is 4.79 Å². The topological polar surface area (TPSA) is 46.5 Å². The van der Waals surface area contributed by atoms with Gasteiger partial charge < -0.3 is 0 Å². The number of nitroso groups, excluding NO2 is 1. The van der Waals surface area contributed by atoms with E-state index in [1.807, 2.05) is 0 Å². The Hall–Kier alpha value is -0.380. The monoisotopic (exact) mass is 161 g/mol. The third kappa shape index (κ3) is 7.62. The van der Waals surface area contributed by atoms with Gasteiger partial charge in [-0.1, -0.05) is 5.18 Å². The van der Waals surface area contributed by atoms with Gasteiger partial charge in [0.05, 0.1) is 6.54 Å². The fourth-order valence-electron chi connectivity index (χ4n) is 0.420. The van der Waals surface area contributed by atoms with E-state index >= 15 is 0 Å². The molecule has 0 atom stereocenters. The number of hydrogen-bond donors (Lipinski definition) is 0. The van der Waals surface area contributed by atoms with Gasteiger partial charge in [0, 0.05) is 17.9 Å². The number of Topliss-reactive ketones (excluding diaryl/α,β-unsaturated/α-hetero) is 1. The molecule has 0 aliphatic heterocycles. The quantitative estimate of drug-likeness (QED) is 0.437. The predicted octanol–water partition coefficient (Wildman–Crippen LogP) is 1.47. The van der Waals surface area contributed by atoms with E-state index in [-0.39, 0.29) is 5.78 Å². The summed E-state index contributed by atoms with van der Waals surface area (Å²) in [6.45, 7) is 1.92. The van der Waals surface area contributed by atoms with E-state index < -0.39 is 0 Å². The molecule has 0 N–H and O–H groups in total.